The lowest BCUT2D eigenvalue weighted by Crippen LogP contribution is -2.03. The lowest BCUT2D eigenvalue weighted by atomic mass is 10.1. The third kappa shape index (κ3) is 2.97. The third-order valence-corrected chi connectivity index (χ3v) is 3.22. The topological polar surface area (TPSA) is 73.0 Å². The molecule has 0 bridgehead atoms. The molecule has 2 aromatic rings. The Balaban J connectivity index is 2.50. The van der Waals surface area contributed by atoms with Gasteiger partial charge in [0, 0.05) is 12.1 Å². The average Bonchev–Trinajstić information content (AvgIpc) is 2.95. The molecule has 21 heavy (non-hydrogen) atoms. The fraction of sp³-hybridized carbons (Fsp3) is 0.400. The molecule has 0 saturated carbocycles. The average molecular weight is 286 g/mol. The summed E-state index contributed by atoms with van der Waals surface area (Å²) < 4.78 is 12.3. The Morgan fingerprint density at radius 2 is 2.00 bits per heavy atom. The predicted octanol–water partition coefficient (Wildman–Crippen LogP) is 2.63. The van der Waals surface area contributed by atoms with Crippen molar-refractivity contribution < 1.29 is 9.47 Å². The number of rotatable bonds is 6. The van der Waals surface area contributed by atoms with E-state index in [-0.39, 0.29) is 0 Å². The number of benzene rings is 1. The summed E-state index contributed by atoms with van der Waals surface area (Å²) in [5.74, 6) is 1.26. The van der Waals surface area contributed by atoms with Crippen LogP contribution in [0.2, 0.25) is 0 Å². The van der Waals surface area contributed by atoms with Crippen molar-refractivity contribution in [2.24, 2.45) is 0 Å². The van der Waals surface area contributed by atoms with Crippen LogP contribution in [0, 0.1) is 11.3 Å². The minimum absolute atomic E-state index is 0.318. The molecule has 0 saturated heterocycles. The van der Waals surface area contributed by atoms with Crippen molar-refractivity contribution in [1.29, 1.82) is 5.26 Å². The highest BCUT2D eigenvalue weighted by atomic mass is 16.5. The van der Waals surface area contributed by atoms with Crippen molar-refractivity contribution in [3.05, 3.63) is 23.9 Å². The van der Waals surface area contributed by atoms with E-state index in [2.05, 4.69) is 23.3 Å². The van der Waals surface area contributed by atoms with Gasteiger partial charge in [-0.05, 0) is 24.6 Å². The summed E-state index contributed by atoms with van der Waals surface area (Å²) in [6, 6.07) is 7.61. The first kappa shape index (κ1) is 14.9. The third-order valence-electron chi connectivity index (χ3n) is 3.22. The Hall–Kier alpha value is -2.55. The second-order valence-corrected chi connectivity index (χ2v) is 4.54. The van der Waals surface area contributed by atoms with Crippen molar-refractivity contribution in [3.63, 3.8) is 0 Å². The van der Waals surface area contributed by atoms with Crippen LogP contribution in [0.4, 0.5) is 0 Å². The van der Waals surface area contributed by atoms with Crippen molar-refractivity contribution >= 4 is 0 Å². The molecule has 0 fully saturated rings. The van der Waals surface area contributed by atoms with Crippen molar-refractivity contribution in [1.82, 2.24) is 15.0 Å². The van der Waals surface area contributed by atoms with E-state index in [4.69, 9.17) is 9.47 Å². The highest BCUT2D eigenvalue weighted by Gasteiger charge is 2.16. The smallest absolute Gasteiger partial charge is 0.190 e. The van der Waals surface area contributed by atoms with Gasteiger partial charge in [-0.1, -0.05) is 18.6 Å². The second-order valence-electron chi connectivity index (χ2n) is 4.54. The number of ether oxygens (including phenoxy) is 2. The van der Waals surface area contributed by atoms with Gasteiger partial charge in [-0.25, -0.2) is 4.68 Å². The summed E-state index contributed by atoms with van der Waals surface area (Å²) in [7, 11) is 3.17. The molecule has 0 atom stereocenters. The van der Waals surface area contributed by atoms with Gasteiger partial charge in [-0.15, -0.1) is 5.10 Å². The van der Waals surface area contributed by atoms with Crippen LogP contribution < -0.4 is 9.47 Å². The predicted molar refractivity (Wildman–Crippen MR) is 78.2 cm³/mol. The van der Waals surface area contributed by atoms with Crippen LogP contribution in [-0.2, 0) is 6.54 Å². The van der Waals surface area contributed by atoms with Crippen molar-refractivity contribution in [2.45, 2.75) is 26.3 Å². The summed E-state index contributed by atoms with van der Waals surface area (Å²) in [5, 5.41) is 17.2. The maximum Gasteiger partial charge on any atom is 0.190 e. The molecule has 6 heteroatoms. The number of hydrogen-bond donors (Lipinski definition) is 0. The number of aromatic nitrogens is 3. The van der Waals surface area contributed by atoms with E-state index < -0.39 is 0 Å². The molecule has 0 unspecified atom stereocenters. The van der Waals surface area contributed by atoms with Crippen LogP contribution in [-0.4, -0.2) is 29.2 Å². The zero-order valence-corrected chi connectivity index (χ0v) is 12.5. The van der Waals surface area contributed by atoms with Crippen LogP contribution >= 0.6 is 0 Å². The van der Waals surface area contributed by atoms with E-state index in [0.717, 1.165) is 24.9 Å². The molecule has 0 amide bonds. The molecule has 1 heterocycles. The molecule has 1 aromatic carbocycles. The first-order valence-electron chi connectivity index (χ1n) is 6.81. The normalized spacial score (nSPS) is 10.2. The fourth-order valence-electron chi connectivity index (χ4n) is 2.12. The maximum absolute atomic E-state index is 9.22. The standard InChI is InChI=1S/C15H18N4O2/c1-4-5-8-19-15(12(10-16)17-18-19)11-6-7-13(20-2)14(9-11)21-3/h6-7,9H,4-5,8H2,1-3H3. The number of methoxy groups -OCH3 is 2. The van der Waals surface area contributed by atoms with Gasteiger partial charge in [0.05, 0.1) is 14.2 Å². The van der Waals surface area contributed by atoms with Gasteiger partial charge in [0.2, 0.25) is 0 Å². The molecule has 0 spiro atoms. The van der Waals surface area contributed by atoms with Gasteiger partial charge in [-0.3, -0.25) is 0 Å². The quantitative estimate of drug-likeness (QED) is 0.816. The monoisotopic (exact) mass is 286 g/mol. The first-order chi connectivity index (χ1) is 10.2. The summed E-state index contributed by atoms with van der Waals surface area (Å²) >= 11 is 0. The van der Waals surface area contributed by atoms with E-state index in [1.165, 1.54) is 0 Å². The van der Waals surface area contributed by atoms with Crippen molar-refractivity contribution in [3.8, 4) is 28.8 Å². The molecular weight excluding hydrogens is 268 g/mol. The van der Waals surface area contributed by atoms with Crippen LogP contribution in [0.25, 0.3) is 11.3 Å². The lowest BCUT2D eigenvalue weighted by Gasteiger charge is -2.10. The van der Waals surface area contributed by atoms with Crippen molar-refractivity contribution in [2.75, 3.05) is 14.2 Å². The molecule has 110 valence electrons. The molecule has 0 aliphatic rings. The largest absolute Gasteiger partial charge is 0.493 e. The number of aryl methyl sites for hydroxylation is 1. The lowest BCUT2D eigenvalue weighted by molar-refractivity contribution is 0.355. The summed E-state index contributed by atoms with van der Waals surface area (Å²) in [4.78, 5) is 0. The highest BCUT2D eigenvalue weighted by Crippen LogP contribution is 2.33. The number of hydrogen-bond acceptors (Lipinski definition) is 5. The zero-order chi connectivity index (χ0) is 15.2. The fourth-order valence-corrected chi connectivity index (χ4v) is 2.12. The maximum atomic E-state index is 9.22. The Morgan fingerprint density at radius 1 is 1.24 bits per heavy atom. The van der Waals surface area contributed by atoms with E-state index in [1.807, 2.05) is 18.2 Å². The molecule has 6 nitrogen and oxygen atoms in total. The summed E-state index contributed by atoms with van der Waals surface area (Å²) in [6.07, 6.45) is 2.03. The number of unbranched alkanes of at least 4 members (excludes halogenated alkanes) is 1. The van der Waals surface area contributed by atoms with Gasteiger partial charge in [-0.2, -0.15) is 5.26 Å². The van der Waals surface area contributed by atoms with Crippen LogP contribution in [0.5, 0.6) is 11.5 Å². The minimum atomic E-state index is 0.318. The second kappa shape index (κ2) is 6.75. The Kier molecular flexibility index (Phi) is 4.77. The zero-order valence-electron chi connectivity index (χ0n) is 12.5. The molecule has 1 aromatic heterocycles. The van der Waals surface area contributed by atoms with E-state index in [0.29, 0.717) is 22.9 Å². The van der Waals surface area contributed by atoms with Crippen LogP contribution in [0.3, 0.4) is 0 Å². The molecule has 0 aliphatic carbocycles. The summed E-state index contributed by atoms with van der Waals surface area (Å²) in [5.41, 5.74) is 1.87. The van der Waals surface area contributed by atoms with E-state index >= 15 is 0 Å². The van der Waals surface area contributed by atoms with E-state index in [9.17, 15) is 5.26 Å². The molecule has 2 rings (SSSR count). The minimum Gasteiger partial charge on any atom is -0.493 e. The summed E-state index contributed by atoms with van der Waals surface area (Å²) in [6.45, 7) is 2.84. The molecule has 0 N–H and O–H groups in total. The van der Waals surface area contributed by atoms with Gasteiger partial charge in [0.25, 0.3) is 0 Å². The Morgan fingerprint density at radius 3 is 2.62 bits per heavy atom. The first-order valence-corrected chi connectivity index (χ1v) is 6.81. The van der Waals surface area contributed by atoms with Gasteiger partial charge >= 0.3 is 0 Å². The molecule has 0 aliphatic heterocycles. The van der Waals surface area contributed by atoms with Crippen LogP contribution in [0.1, 0.15) is 25.5 Å². The Labute approximate surface area is 123 Å². The number of nitrogens with zero attached hydrogens (tertiary/aromatic N) is 4. The Bertz CT molecular complexity index is 658. The van der Waals surface area contributed by atoms with Crippen LogP contribution in [0.15, 0.2) is 18.2 Å². The van der Waals surface area contributed by atoms with E-state index in [1.54, 1.807) is 18.9 Å². The SMILES string of the molecule is CCCCn1nnc(C#N)c1-c1ccc(OC)c(OC)c1. The highest BCUT2D eigenvalue weighted by molar-refractivity contribution is 5.68. The van der Waals surface area contributed by atoms with Gasteiger partial charge < -0.3 is 9.47 Å². The van der Waals surface area contributed by atoms with Gasteiger partial charge in [0.1, 0.15) is 11.8 Å². The molecular formula is C15H18N4O2. The number of nitriles is 1. The van der Waals surface area contributed by atoms with Gasteiger partial charge in [0.15, 0.2) is 17.2 Å². The molecule has 0 radical (unpaired) electrons.